The lowest BCUT2D eigenvalue weighted by Gasteiger charge is -2.15. The van der Waals surface area contributed by atoms with Crippen LogP contribution in [0.5, 0.6) is 0 Å². The van der Waals surface area contributed by atoms with Gasteiger partial charge in [-0.2, -0.15) is 0 Å². The van der Waals surface area contributed by atoms with Crippen molar-refractivity contribution < 1.29 is 8.42 Å². The molecular weight excluding hydrogens is 306 g/mol. The molecule has 0 spiro atoms. The molecule has 1 aromatic heterocycles. The molecule has 118 valence electrons. The zero-order valence-electron chi connectivity index (χ0n) is 12.3. The van der Waals surface area contributed by atoms with Crippen molar-refractivity contribution in [3.63, 3.8) is 0 Å². The molecule has 7 heteroatoms. The molecule has 2 aliphatic carbocycles. The Morgan fingerprint density at radius 2 is 2.10 bits per heavy atom. The lowest BCUT2D eigenvalue weighted by Crippen LogP contribution is -2.33. The Kier molecular flexibility index (Phi) is 4.66. The van der Waals surface area contributed by atoms with Gasteiger partial charge in [-0.3, -0.25) is 0 Å². The number of thiophene rings is 1. The topological polar surface area (TPSA) is 61.4 Å². The third-order valence-electron chi connectivity index (χ3n) is 3.99. The van der Waals surface area contributed by atoms with E-state index in [0.29, 0.717) is 22.8 Å². The van der Waals surface area contributed by atoms with Gasteiger partial charge in [-0.1, -0.05) is 0 Å². The Labute approximate surface area is 130 Å². The zero-order valence-corrected chi connectivity index (χ0v) is 14.0. The summed E-state index contributed by atoms with van der Waals surface area (Å²) in [5.41, 5.74) is 1.06. The fourth-order valence-electron chi connectivity index (χ4n) is 2.26. The van der Waals surface area contributed by atoms with Crippen LogP contribution in [0.25, 0.3) is 0 Å². The third kappa shape index (κ3) is 4.50. The summed E-state index contributed by atoms with van der Waals surface area (Å²) in [5, 5.41) is 5.33. The molecule has 1 aromatic rings. The van der Waals surface area contributed by atoms with E-state index in [1.165, 1.54) is 37.0 Å². The van der Waals surface area contributed by atoms with Crippen LogP contribution in [0.3, 0.4) is 0 Å². The number of hydrogen-bond donors (Lipinski definition) is 2. The summed E-state index contributed by atoms with van der Waals surface area (Å²) < 4.78 is 27.6. The van der Waals surface area contributed by atoms with Gasteiger partial charge in [0.1, 0.15) is 4.21 Å². The summed E-state index contributed by atoms with van der Waals surface area (Å²) in [6, 6.07) is 3.09. The molecule has 21 heavy (non-hydrogen) atoms. The van der Waals surface area contributed by atoms with Crippen molar-refractivity contribution in [2.24, 2.45) is 0 Å². The highest BCUT2D eigenvalue weighted by molar-refractivity contribution is 7.91. The average Bonchev–Trinajstić information content (AvgIpc) is 3.35. The van der Waals surface area contributed by atoms with Crippen molar-refractivity contribution in [2.45, 2.75) is 48.5 Å². The van der Waals surface area contributed by atoms with Crippen molar-refractivity contribution in [1.29, 1.82) is 0 Å². The Morgan fingerprint density at radius 1 is 1.33 bits per heavy atom. The van der Waals surface area contributed by atoms with Crippen LogP contribution in [-0.2, 0) is 16.6 Å². The quantitative estimate of drug-likeness (QED) is 0.718. The van der Waals surface area contributed by atoms with E-state index in [4.69, 9.17) is 0 Å². The minimum absolute atomic E-state index is 0.421. The molecule has 2 saturated carbocycles. The van der Waals surface area contributed by atoms with Gasteiger partial charge in [0.15, 0.2) is 0 Å². The lowest BCUT2D eigenvalue weighted by molar-refractivity contribution is 0.329. The van der Waals surface area contributed by atoms with Crippen LogP contribution in [0.1, 0.15) is 31.2 Å². The molecule has 2 fully saturated rings. The van der Waals surface area contributed by atoms with Crippen molar-refractivity contribution in [3.05, 3.63) is 17.0 Å². The van der Waals surface area contributed by atoms with E-state index < -0.39 is 10.0 Å². The van der Waals surface area contributed by atoms with Gasteiger partial charge in [-0.25, -0.2) is 13.1 Å². The number of nitrogens with one attached hydrogen (secondary N) is 2. The zero-order chi connectivity index (χ0) is 14.9. The number of rotatable bonds is 9. The minimum Gasteiger partial charge on any atom is -0.310 e. The molecule has 0 aliphatic heterocycles. The first-order chi connectivity index (χ1) is 10.0. The van der Waals surface area contributed by atoms with Crippen LogP contribution in [0.15, 0.2) is 15.7 Å². The lowest BCUT2D eigenvalue weighted by atomic mass is 10.3. The SMILES string of the molecule is CN(CCNS(=O)(=O)c1cc(CNC2CC2)cs1)C1CC1. The maximum atomic E-state index is 12.2. The number of nitrogens with zero attached hydrogens (tertiary/aromatic N) is 1. The van der Waals surface area contributed by atoms with Gasteiger partial charge in [-0.15, -0.1) is 11.3 Å². The van der Waals surface area contributed by atoms with Crippen molar-refractivity contribution >= 4 is 21.4 Å². The molecule has 1 heterocycles. The van der Waals surface area contributed by atoms with Gasteiger partial charge in [0.05, 0.1) is 0 Å². The molecule has 0 aromatic carbocycles. The van der Waals surface area contributed by atoms with E-state index in [1.54, 1.807) is 6.07 Å². The Morgan fingerprint density at radius 3 is 2.76 bits per heavy atom. The van der Waals surface area contributed by atoms with Gasteiger partial charge in [0, 0.05) is 31.7 Å². The monoisotopic (exact) mass is 329 g/mol. The highest BCUT2D eigenvalue weighted by Gasteiger charge is 2.26. The van der Waals surface area contributed by atoms with Crippen molar-refractivity contribution in [1.82, 2.24) is 14.9 Å². The minimum atomic E-state index is -3.35. The van der Waals surface area contributed by atoms with Crippen LogP contribution >= 0.6 is 11.3 Å². The Bertz CT molecular complexity index is 577. The van der Waals surface area contributed by atoms with Crippen LogP contribution in [0.2, 0.25) is 0 Å². The van der Waals surface area contributed by atoms with Gasteiger partial charge >= 0.3 is 0 Å². The molecule has 2 aliphatic rings. The maximum Gasteiger partial charge on any atom is 0.250 e. The highest BCUT2D eigenvalue weighted by atomic mass is 32.2. The van der Waals surface area contributed by atoms with Crippen LogP contribution < -0.4 is 10.0 Å². The summed E-state index contributed by atoms with van der Waals surface area (Å²) in [6.45, 7) is 2.01. The normalized spacial score (nSPS) is 19.3. The predicted molar refractivity (Wildman–Crippen MR) is 85.0 cm³/mol. The number of hydrogen-bond acceptors (Lipinski definition) is 5. The average molecular weight is 329 g/mol. The second-order valence-corrected chi connectivity index (χ2v) is 8.94. The fourth-order valence-corrected chi connectivity index (χ4v) is 4.54. The van der Waals surface area contributed by atoms with E-state index in [0.717, 1.165) is 18.7 Å². The van der Waals surface area contributed by atoms with Crippen LogP contribution in [0, 0.1) is 0 Å². The van der Waals surface area contributed by atoms with Gasteiger partial charge in [0.2, 0.25) is 10.0 Å². The second-order valence-electron chi connectivity index (χ2n) is 6.04. The maximum absolute atomic E-state index is 12.2. The first kappa shape index (κ1) is 15.4. The molecule has 2 N–H and O–H groups in total. The van der Waals surface area contributed by atoms with E-state index in [9.17, 15) is 8.42 Å². The fraction of sp³-hybridized carbons (Fsp3) is 0.714. The number of sulfonamides is 1. The number of likely N-dealkylation sites (N-methyl/N-ethyl adjacent to an activating group) is 1. The first-order valence-electron chi connectivity index (χ1n) is 7.55. The van der Waals surface area contributed by atoms with E-state index >= 15 is 0 Å². The summed E-state index contributed by atoms with van der Waals surface area (Å²) >= 11 is 1.30. The predicted octanol–water partition coefficient (Wildman–Crippen LogP) is 1.37. The smallest absolute Gasteiger partial charge is 0.250 e. The molecule has 0 amide bonds. The summed E-state index contributed by atoms with van der Waals surface area (Å²) in [4.78, 5) is 2.22. The molecule has 0 atom stereocenters. The van der Waals surface area contributed by atoms with Gasteiger partial charge in [0.25, 0.3) is 0 Å². The van der Waals surface area contributed by atoms with Crippen molar-refractivity contribution in [3.8, 4) is 0 Å². The Balaban J connectivity index is 1.48. The van der Waals surface area contributed by atoms with Gasteiger partial charge in [-0.05, 0) is 49.7 Å². The standard InChI is InChI=1S/C14H23N3O2S2/c1-17(13-4-5-13)7-6-16-21(18,19)14-8-11(10-20-14)9-15-12-2-3-12/h8,10,12-13,15-16H,2-7,9H2,1H3. The molecule has 5 nitrogen and oxygen atoms in total. The van der Waals surface area contributed by atoms with Gasteiger partial charge < -0.3 is 10.2 Å². The molecule has 3 rings (SSSR count). The summed E-state index contributed by atoms with van der Waals surface area (Å²) in [5.74, 6) is 0. The first-order valence-corrected chi connectivity index (χ1v) is 9.91. The molecular formula is C14H23N3O2S2. The summed E-state index contributed by atoms with van der Waals surface area (Å²) in [6.07, 6.45) is 4.97. The summed E-state index contributed by atoms with van der Waals surface area (Å²) in [7, 11) is -1.29. The Hall–Kier alpha value is -0.470. The third-order valence-corrected chi connectivity index (χ3v) is 6.94. The van der Waals surface area contributed by atoms with Crippen molar-refractivity contribution in [2.75, 3.05) is 20.1 Å². The molecule has 0 radical (unpaired) electrons. The van der Waals surface area contributed by atoms with E-state index in [1.807, 2.05) is 5.38 Å². The molecule has 0 unspecified atom stereocenters. The highest BCUT2D eigenvalue weighted by Crippen LogP contribution is 2.25. The van der Waals surface area contributed by atoms with Crippen LogP contribution in [0.4, 0.5) is 0 Å². The molecule has 0 saturated heterocycles. The van der Waals surface area contributed by atoms with E-state index in [-0.39, 0.29) is 0 Å². The largest absolute Gasteiger partial charge is 0.310 e. The van der Waals surface area contributed by atoms with Crippen LogP contribution in [-0.4, -0.2) is 45.5 Å². The molecule has 0 bridgehead atoms. The second kappa shape index (κ2) is 6.34. The van der Waals surface area contributed by atoms with E-state index in [2.05, 4.69) is 22.0 Å².